The summed E-state index contributed by atoms with van der Waals surface area (Å²) in [6.07, 6.45) is 5.49. The van der Waals surface area contributed by atoms with Crippen molar-refractivity contribution in [1.29, 1.82) is 0 Å². The van der Waals surface area contributed by atoms with Crippen LogP contribution < -0.4 is 15.5 Å². The maximum Gasteiger partial charge on any atom is 0.343 e. The molecule has 0 spiro atoms. The molecule has 0 fully saturated rings. The van der Waals surface area contributed by atoms with E-state index in [-0.39, 0.29) is 36.1 Å². The van der Waals surface area contributed by atoms with Gasteiger partial charge in [0.15, 0.2) is 5.43 Å². The van der Waals surface area contributed by atoms with E-state index in [1.807, 2.05) is 16.7 Å². The fourth-order valence-electron chi connectivity index (χ4n) is 4.56. The second-order valence-corrected chi connectivity index (χ2v) is 9.90. The Morgan fingerprint density at radius 2 is 1.86 bits per heavy atom. The molecular weight excluding hydrogens is 476 g/mol. The molecule has 0 saturated heterocycles. The van der Waals surface area contributed by atoms with Gasteiger partial charge in [-0.1, -0.05) is 20.8 Å². The van der Waals surface area contributed by atoms with Crippen molar-refractivity contribution >= 4 is 17.9 Å². The summed E-state index contributed by atoms with van der Waals surface area (Å²) < 4.78 is 12.8. The lowest BCUT2D eigenvalue weighted by molar-refractivity contribution is -0.134. The largest absolute Gasteiger partial charge is 0.496 e. The fraction of sp³-hybridized carbons (Fsp3) is 0.370. The summed E-state index contributed by atoms with van der Waals surface area (Å²) in [5.41, 5.74) is 3.47. The van der Waals surface area contributed by atoms with Gasteiger partial charge in [-0.15, -0.1) is 0 Å². The second-order valence-electron chi connectivity index (χ2n) is 9.90. The van der Waals surface area contributed by atoms with Crippen molar-refractivity contribution in [3.63, 3.8) is 0 Å². The summed E-state index contributed by atoms with van der Waals surface area (Å²) in [4.78, 5) is 44.6. The number of nitrogens with zero attached hydrogens (tertiary/aromatic N) is 3. The van der Waals surface area contributed by atoms with Gasteiger partial charge >= 0.3 is 11.9 Å². The Bertz CT molecular complexity index is 1410. The maximum atomic E-state index is 12.9. The van der Waals surface area contributed by atoms with E-state index in [0.29, 0.717) is 23.4 Å². The summed E-state index contributed by atoms with van der Waals surface area (Å²) in [6, 6.07) is 5.36. The van der Waals surface area contributed by atoms with Crippen LogP contribution in [0.5, 0.6) is 5.75 Å². The molecule has 0 saturated carbocycles. The van der Waals surface area contributed by atoms with Gasteiger partial charge in [0.2, 0.25) is 5.95 Å². The van der Waals surface area contributed by atoms with E-state index < -0.39 is 17.4 Å². The number of carbonyl (C=O) groups is 2. The SMILES string of the molecule is CCOC(=O)c1cn2c(cc1=O)-c1cc(OC)c(-c3cnc(NCC(=O)O)nc3)cc1CC2C(C)(C)C. The molecule has 194 valence electrons. The molecule has 10 heteroatoms. The predicted molar refractivity (Wildman–Crippen MR) is 138 cm³/mol. The lowest BCUT2D eigenvalue weighted by Crippen LogP contribution is -2.33. The van der Waals surface area contributed by atoms with Crippen LogP contribution in [0.15, 0.2) is 41.6 Å². The van der Waals surface area contributed by atoms with Crippen LogP contribution in [0, 0.1) is 5.41 Å². The van der Waals surface area contributed by atoms with E-state index in [2.05, 4.69) is 36.1 Å². The first-order chi connectivity index (χ1) is 17.5. The number of hydrogen-bond acceptors (Lipinski definition) is 8. The molecule has 4 rings (SSSR count). The number of aliphatic carboxylic acids is 1. The number of esters is 1. The van der Waals surface area contributed by atoms with Gasteiger partial charge in [0.05, 0.1) is 19.4 Å². The molecule has 1 unspecified atom stereocenters. The number of pyridine rings is 1. The van der Waals surface area contributed by atoms with E-state index >= 15 is 0 Å². The molecule has 0 bridgehead atoms. The zero-order chi connectivity index (χ0) is 26.9. The molecule has 0 radical (unpaired) electrons. The average molecular weight is 507 g/mol. The van der Waals surface area contributed by atoms with Crippen molar-refractivity contribution in [2.24, 2.45) is 5.41 Å². The van der Waals surface area contributed by atoms with Crippen LogP contribution in [-0.2, 0) is 16.0 Å². The lowest BCUT2D eigenvalue weighted by atomic mass is 9.78. The number of rotatable bonds is 7. The summed E-state index contributed by atoms with van der Waals surface area (Å²) in [6.45, 7) is 7.97. The third-order valence-corrected chi connectivity index (χ3v) is 6.39. The van der Waals surface area contributed by atoms with Crippen molar-refractivity contribution in [1.82, 2.24) is 14.5 Å². The highest BCUT2D eigenvalue weighted by Gasteiger charge is 2.34. The Hall–Kier alpha value is -4.21. The molecule has 3 heterocycles. The molecular formula is C27H30N4O6. The zero-order valence-electron chi connectivity index (χ0n) is 21.5. The lowest BCUT2D eigenvalue weighted by Gasteiger charge is -2.39. The molecule has 0 aliphatic carbocycles. The highest BCUT2D eigenvalue weighted by molar-refractivity contribution is 5.89. The van der Waals surface area contributed by atoms with Gasteiger partial charge in [-0.2, -0.15) is 0 Å². The number of carboxylic acids is 1. The number of carbonyl (C=O) groups excluding carboxylic acids is 1. The monoisotopic (exact) mass is 506 g/mol. The average Bonchev–Trinajstić information content (AvgIpc) is 2.85. The van der Waals surface area contributed by atoms with Crippen LogP contribution in [0.25, 0.3) is 22.4 Å². The molecule has 1 aromatic carbocycles. The smallest absolute Gasteiger partial charge is 0.343 e. The Morgan fingerprint density at radius 3 is 2.46 bits per heavy atom. The van der Waals surface area contributed by atoms with E-state index in [0.717, 1.165) is 16.7 Å². The van der Waals surface area contributed by atoms with E-state index in [9.17, 15) is 14.4 Å². The number of anilines is 1. The molecule has 1 atom stereocenters. The topological polar surface area (TPSA) is 133 Å². The van der Waals surface area contributed by atoms with E-state index in [1.54, 1.807) is 32.6 Å². The quantitative estimate of drug-likeness (QED) is 0.459. The third-order valence-electron chi connectivity index (χ3n) is 6.39. The number of fused-ring (bicyclic) bond motifs is 3. The Labute approximate surface area is 214 Å². The molecule has 37 heavy (non-hydrogen) atoms. The highest BCUT2D eigenvalue weighted by Crippen LogP contribution is 2.45. The normalized spacial score (nSPS) is 14.4. The van der Waals surface area contributed by atoms with Crippen LogP contribution in [0.4, 0.5) is 5.95 Å². The van der Waals surface area contributed by atoms with Crippen LogP contribution in [0.2, 0.25) is 0 Å². The maximum absolute atomic E-state index is 12.9. The van der Waals surface area contributed by atoms with Crippen LogP contribution in [-0.4, -0.2) is 51.8 Å². The van der Waals surface area contributed by atoms with Crippen LogP contribution in [0.1, 0.15) is 49.7 Å². The molecule has 2 N–H and O–H groups in total. The van der Waals surface area contributed by atoms with Crippen LogP contribution in [0.3, 0.4) is 0 Å². The van der Waals surface area contributed by atoms with Gasteiger partial charge in [-0.25, -0.2) is 14.8 Å². The number of nitrogens with one attached hydrogen (secondary N) is 1. The molecule has 2 aromatic heterocycles. The standard InChI is InChI=1S/C27H30N4O6/c1-6-37-25(35)19-14-31-20(10-21(19)32)17-9-22(36-5)18(7-15(17)8-23(31)27(2,3)4)16-11-28-26(29-12-16)30-13-24(33)34/h7,9-12,14,23H,6,8,13H2,1-5H3,(H,33,34)(H,28,29,30). The van der Waals surface area contributed by atoms with Gasteiger partial charge in [-0.3, -0.25) is 9.59 Å². The van der Waals surface area contributed by atoms with Gasteiger partial charge < -0.3 is 24.5 Å². The summed E-state index contributed by atoms with van der Waals surface area (Å²) in [5.74, 6) is -0.862. The van der Waals surface area contributed by atoms with E-state index in [4.69, 9.17) is 14.6 Å². The minimum absolute atomic E-state index is 0.0145. The number of hydrogen-bond donors (Lipinski definition) is 2. The fourth-order valence-corrected chi connectivity index (χ4v) is 4.56. The van der Waals surface area contributed by atoms with Crippen molar-refractivity contribution in [3.05, 3.63) is 58.1 Å². The highest BCUT2D eigenvalue weighted by atomic mass is 16.5. The minimum Gasteiger partial charge on any atom is -0.496 e. The first-order valence-corrected chi connectivity index (χ1v) is 12.0. The summed E-state index contributed by atoms with van der Waals surface area (Å²) >= 11 is 0. The summed E-state index contributed by atoms with van der Waals surface area (Å²) in [7, 11) is 1.56. The number of aromatic nitrogens is 3. The third kappa shape index (κ3) is 5.18. The van der Waals surface area contributed by atoms with Crippen molar-refractivity contribution in [2.45, 2.75) is 40.2 Å². The van der Waals surface area contributed by atoms with Gasteiger partial charge in [-0.05, 0) is 36.5 Å². The molecule has 0 amide bonds. The Morgan fingerprint density at radius 1 is 1.16 bits per heavy atom. The number of methoxy groups -OCH3 is 1. The molecule has 1 aliphatic heterocycles. The summed E-state index contributed by atoms with van der Waals surface area (Å²) in [5, 5.41) is 11.5. The first-order valence-electron chi connectivity index (χ1n) is 12.0. The molecule has 1 aliphatic rings. The van der Waals surface area contributed by atoms with E-state index in [1.165, 1.54) is 6.07 Å². The minimum atomic E-state index is -1.01. The first kappa shape index (κ1) is 25.9. The molecule has 3 aromatic rings. The van der Waals surface area contributed by atoms with Crippen molar-refractivity contribution < 1.29 is 24.2 Å². The Kier molecular flexibility index (Phi) is 7.02. The Balaban J connectivity index is 1.84. The van der Waals surface area contributed by atoms with Gasteiger partial charge in [0.1, 0.15) is 17.9 Å². The number of benzene rings is 1. The molecule has 10 nitrogen and oxygen atoms in total. The number of ether oxygens (including phenoxy) is 2. The number of carboxylic acid groups (broad SMARTS) is 1. The van der Waals surface area contributed by atoms with Crippen molar-refractivity contribution in [2.75, 3.05) is 25.6 Å². The second kappa shape index (κ2) is 10.0. The predicted octanol–water partition coefficient (Wildman–Crippen LogP) is 3.80. The van der Waals surface area contributed by atoms with Gasteiger partial charge in [0, 0.05) is 47.4 Å². The van der Waals surface area contributed by atoms with Gasteiger partial charge in [0.25, 0.3) is 0 Å². The van der Waals surface area contributed by atoms with Crippen LogP contribution >= 0.6 is 0 Å². The zero-order valence-corrected chi connectivity index (χ0v) is 21.5. The van der Waals surface area contributed by atoms with Crippen molar-refractivity contribution in [3.8, 4) is 28.1 Å².